The molecular formula is C26H23NO5. The summed E-state index contributed by atoms with van der Waals surface area (Å²) in [4.78, 5) is 25.1. The number of carbonyl (C=O) groups excluding carboxylic acids is 1. The van der Waals surface area contributed by atoms with Gasteiger partial charge in [-0.25, -0.2) is 0 Å². The first kappa shape index (κ1) is 21.2. The Balaban J connectivity index is 1.46. The molecule has 0 saturated carbocycles. The molecule has 1 heterocycles. The molecule has 1 N–H and O–H groups in total. The van der Waals surface area contributed by atoms with E-state index in [4.69, 9.17) is 13.9 Å². The summed E-state index contributed by atoms with van der Waals surface area (Å²) in [6, 6.07) is 18.1. The van der Waals surface area contributed by atoms with E-state index >= 15 is 0 Å². The fraction of sp³-hybridized carbons (Fsp3) is 0.154. The number of anilines is 1. The third kappa shape index (κ3) is 4.81. The molecule has 0 spiro atoms. The standard InChI is InChI=1S/C26H23NO5/c1-16-5-4-6-20(11-16)32-24-14-31-23-13-19(9-10-21(23)26(24)29)30-15-25(28)27-22-12-17(2)7-8-18(22)3/h4-14H,15H2,1-3H3,(H,27,28). The molecule has 0 aliphatic carbocycles. The van der Waals surface area contributed by atoms with Crippen LogP contribution in [0.3, 0.4) is 0 Å². The van der Waals surface area contributed by atoms with Crippen LogP contribution in [0.2, 0.25) is 0 Å². The van der Waals surface area contributed by atoms with Gasteiger partial charge in [0, 0.05) is 11.8 Å². The largest absolute Gasteiger partial charge is 0.484 e. The fourth-order valence-electron chi connectivity index (χ4n) is 3.26. The number of rotatable bonds is 6. The summed E-state index contributed by atoms with van der Waals surface area (Å²) in [6.45, 7) is 5.67. The Kier molecular flexibility index (Phi) is 5.94. The molecule has 0 radical (unpaired) electrons. The maximum atomic E-state index is 12.8. The van der Waals surface area contributed by atoms with Crippen LogP contribution in [-0.4, -0.2) is 12.5 Å². The quantitative estimate of drug-likeness (QED) is 0.436. The lowest BCUT2D eigenvalue weighted by Crippen LogP contribution is -2.20. The van der Waals surface area contributed by atoms with Crippen molar-refractivity contribution in [3.8, 4) is 17.2 Å². The van der Waals surface area contributed by atoms with Crippen LogP contribution >= 0.6 is 0 Å². The summed E-state index contributed by atoms with van der Waals surface area (Å²) in [7, 11) is 0. The van der Waals surface area contributed by atoms with Gasteiger partial charge in [0.05, 0.1) is 5.39 Å². The number of benzene rings is 3. The predicted octanol–water partition coefficient (Wildman–Crippen LogP) is 5.53. The van der Waals surface area contributed by atoms with Crippen molar-refractivity contribution in [3.05, 3.63) is 93.8 Å². The molecule has 0 fully saturated rings. The predicted molar refractivity (Wildman–Crippen MR) is 124 cm³/mol. The van der Waals surface area contributed by atoms with E-state index in [0.717, 1.165) is 22.4 Å². The van der Waals surface area contributed by atoms with Gasteiger partial charge in [0.15, 0.2) is 6.61 Å². The smallest absolute Gasteiger partial charge is 0.262 e. The number of carbonyl (C=O) groups is 1. The third-order valence-electron chi connectivity index (χ3n) is 4.97. The van der Waals surface area contributed by atoms with Gasteiger partial charge in [-0.2, -0.15) is 0 Å². The van der Waals surface area contributed by atoms with E-state index in [1.807, 2.05) is 57.2 Å². The highest BCUT2D eigenvalue weighted by Gasteiger charge is 2.12. The molecule has 162 valence electrons. The SMILES string of the molecule is Cc1cccc(Oc2coc3cc(OCC(=O)Nc4cc(C)ccc4C)ccc3c2=O)c1. The minimum atomic E-state index is -0.285. The summed E-state index contributed by atoms with van der Waals surface area (Å²) < 4.78 is 16.9. The number of aryl methyl sites for hydroxylation is 3. The first-order valence-electron chi connectivity index (χ1n) is 10.2. The molecular weight excluding hydrogens is 406 g/mol. The lowest BCUT2D eigenvalue weighted by molar-refractivity contribution is -0.118. The minimum Gasteiger partial charge on any atom is -0.484 e. The summed E-state index contributed by atoms with van der Waals surface area (Å²) in [6.07, 6.45) is 1.28. The van der Waals surface area contributed by atoms with Crippen molar-refractivity contribution in [1.29, 1.82) is 0 Å². The Bertz CT molecular complexity index is 1360. The summed E-state index contributed by atoms with van der Waals surface area (Å²) >= 11 is 0. The Morgan fingerprint density at radius 3 is 2.56 bits per heavy atom. The van der Waals surface area contributed by atoms with E-state index in [-0.39, 0.29) is 23.7 Å². The number of hydrogen-bond donors (Lipinski definition) is 1. The average molecular weight is 429 g/mol. The maximum absolute atomic E-state index is 12.8. The van der Waals surface area contributed by atoms with Gasteiger partial charge >= 0.3 is 0 Å². The van der Waals surface area contributed by atoms with Crippen LogP contribution in [0.25, 0.3) is 11.0 Å². The first-order valence-corrected chi connectivity index (χ1v) is 10.2. The van der Waals surface area contributed by atoms with Crippen LogP contribution in [0.5, 0.6) is 17.2 Å². The van der Waals surface area contributed by atoms with Crippen molar-refractivity contribution < 1.29 is 18.7 Å². The van der Waals surface area contributed by atoms with Crippen LogP contribution in [-0.2, 0) is 4.79 Å². The molecule has 1 amide bonds. The van der Waals surface area contributed by atoms with Gasteiger partial charge in [-0.15, -0.1) is 0 Å². The van der Waals surface area contributed by atoms with Crippen molar-refractivity contribution in [1.82, 2.24) is 0 Å². The molecule has 1 aromatic heterocycles. The monoisotopic (exact) mass is 429 g/mol. The zero-order valence-corrected chi connectivity index (χ0v) is 18.1. The highest BCUT2D eigenvalue weighted by atomic mass is 16.5. The van der Waals surface area contributed by atoms with Gasteiger partial charge in [0.2, 0.25) is 11.2 Å². The van der Waals surface area contributed by atoms with Crippen LogP contribution in [0.1, 0.15) is 16.7 Å². The highest BCUT2D eigenvalue weighted by Crippen LogP contribution is 2.24. The van der Waals surface area contributed by atoms with Crippen LogP contribution in [0, 0.1) is 20.8 Å². The van der Waals surface area contributed by atoms with Crippen LogP contribution in [0.4, 0.5) is 5.69 Å². The summed E-state index contributed by atoms with van der Waals surface area (Å²) in [5.74, 6) is 0.808. The third-order valence-corrected chi connectivity index (χ3v) is 4.97. The number of amides is 1. The lowest BCUT2D eigenvalue weighted by atomic mass is 10.1. The second-order valence-corrected chi connectivity index (χ2v) is 7.66. The topological polar surface area (TPSA) is 77.8 Å². The van der Waals surface area contributed by atoms with E-state index in [1.54, 1.807) is 24.3 Å². The minimum absolute atomic E-state index is 0.102. The molecule has 0 saturated heterocycles. The molecule has 32 heavy (non-hydrogen) atoms. The number of fused-ring (bicyclic) bond motifs is 1. The van der Waals surface area contributed by atoms with E-state index < -0.39 is 0 Å². The van der Waals surface area contributed by atoms with E-state index in [1.165, 1.54) is 6.26 Å². The Labute approximate surface area is 185 Å². The van der Waals surface area contributed by atoms with Crippen molar-refractivity contribution in [2.75, 3.05) is 11.9 Å². The van der Waals surface area contributed by atoms with Gasteiger partial charge in [0.1, 0.15) is 23.3 Å². The fourth-order valence-corrected chi connectivity index (χ4v) is 3.26. The second-order valence-electron chi connectivity index (χ2n) is 7.66. The zero-order valence-electron chi connectivity index (χ0n) is 18.1. The van der Waals surface area contributed by atoms with Crippen molar-refractivity contribution in [2.45, 2.75) is 20.8 Å². The Morgan fingerprint density at radius 2 is 1.75 bits per heavy atom. The van der Waals surface area contributed by atoms with Crippen molar-refractivity contribution >= 4 is 22.6 Å². The second kappa shape index (κ2) is 8.98. The Hall–Kier alpha value is -4.06. The lowest BCUT2D eigenvalue weighted by Gasteiger charge is -2.11. The van der Waals surface area contributed by atoms with Crippen molar-refractivity contribution in [2.24, 2.45) is 0 Å². The molecule has 0 aliphatic heterocycles. The van der Waals surface area contributed by atoms with Gasteiger partial charge in [-0.05, 0) is 67.8 Å². The van der Waals surface area contributed by atoms with Gasteiger partial charge in [-0.1, -0.05) is 24.3 Å². The molecule has 4 rings (SSSR count). The molecule has 0 unspecified atom stereocenters. The maximum Gasteiger partial charge on any atom is 0.262 e. The first-order chi connectivity index (χ1) is 15.4. The Morgan fingerprint density at radius 1 is 0.938 bits per heavy atom. The van der Waals surface area contributed by atoms with E-state index in [2.05, 4.69) is 5.32 Å². The number of nitrogens with one attached hydrogen (secondary N) is 1. The molecule has 3 aromatic carbocycles. The van der Waals surface area contributed by atoms with Crippen LogP contribution < -0.4 is 20.2 Å². The highest BCUT2D eigenvalue weighted by molar-refractivity contribution is 5.92. The molecule has 0 bridgehead atoms. The molecule has 6 nitrogen and oxygen atoms in total. The van der Waals surface area contributed by atoms with Crippen LogP contribution in [0.15, 0.2) is 76.1 Å². The van der Waals surface area contributed by atoms with E-state index in [9.17, 15) is 9.59 Å². The molecule has 0 atom stereocenters. The average Bonchev–Trinajstić information content (AvgIpc) is 2.77. The van der Waals surface area contributed by atoms with E-state index in [0.29, 0.717) is 22.5 Å². The molecule has 6 heteroatoms. The van der Waals surface area contributed by atoms with Gasteiger partial charge in [0.25, 0.3) is 5.91 Å². The number of ether oxygens (including phenoxy) is 2. The number of hydrogen-bond acceptors (Lipinski definition) is 5. The van der Waals surface area contributed by atoms with Gasteiger partial charge in [-0.3, -0.25) is 9.59 Å². The molecule has 4 aromatic rings. The molecule has 0 aliphatic rings. The summed E-state index contributed by atoms with van der Waals surface area (Å²) in [5.41, 5.74) is 3.87. The summed E-state index contributed by atoms with van der Waals surface area (Å²) in [5, 5.41) is 3.21. The normalized spacial score (nSPS) is 10.7. The zero-order chi connectivity index (χ0) is 22.7. The van der Waals surface area contributed by atoms with Crippen molar-refractivity contribution in [3.63, 3.8) is 0 Å². The van der Waals surface area contributed by atoms with Gasteiger partial charge < -0.3 is 19.2 Å².